The molecule has 2 aromatic carbocycles. The average Bonchev–Trinajstić information content (AvgIpc) is 3.25. The van der Waals surface area contributed by atoms with Crippen molar-refractivity contribution in [2.75, 3.05) is 6.61 Å². The van der Waals surface area contributed by atoms with E-state index in [-0.39, 0.29) is 40.4 Å². The predicted octanol–water partition coefficient (Wildman–Crippen LogP) is 9.21. The fourth-order valence-corrected chi connectivity index (χ4v) is 6.00. The van der Waals surface area contributed by atoms with E-state index in [1.165, 1.54) is 12.0 Å². The molecule has 1 saturated heterocycles. The van der Waals surface area contributed by atoms with Gasteiger partial charge in [0.05, 0.1) is 5.69 Å². The molecule has 248 valence electrons. The molecule has 0 spiro atoms. The number of hydrogen-bond acceptors (Lipinski definition) is 5. The van der Waals surface area contributed by atoms with Crippen LogP contribution in [-0.2, 0) is 38.1 Å². The molecule has 0 bridgehead atoms. The quantitative estimate of drug-likeness (QED) is 0.0893. The smallest absolute Gasteiger partial charge is 0.324 e. The number of hydrogen-bond donors (Lipinski definition) is 1. The molecular weight excluding hydrogens is 560 g/mol. The minimum atomic E-state index is -1.09. The van der Waals surface area contributed by atoms with Crippen molar-refractivity contribution in [1.29, 1.82) is 0 Å². The first-order valence-electron chi connectivity index (χ1n) is 16.8. The van der Waals surface area contributed by atoms with E-state index in [2.05, 4.69) is 105 Å². The second-order valence-electron chi connectivity index (χ2n) is 16.2. The Hall–Kier alpha value is -3.15. The van der Waals surface area contributed by atoms with E-state index in [0.717, 1.165) is 48.8 Å². The largest absolute Gasteiger partial charge is 0.507 e. The molecule has 1 N–H and O–H groups in total. The van der Waals surface area contributed by atoms with Crippen LogP contribution in [0.2, 0.25) is 0 Å². The Bertz CT molecular complexity index is 1300. The van der Waals surface area contributed by atoms with Crippen LogP contribution in [0, 0.1) is 11.3 Å². The zero-order valence-corrected chi connectivity index (χ0v) is 29.8. The van der Waals surface area contributed by atoms with Gasteiger partial charge in [0.25, 0.3) is 0 Å². The van der Waals surface area contributed by atoms with E-state index >= 15 is 0 Å². The Morgan fingerprint density at radius 2 is 1.47 bits per heavy atom. The zero-order chi connectivity index (χ0) is 33.7. The van der Waals surface area contributed by atoms with Crippen LogP contribution in [0.15, 0.2) is 41.4 Å². The number of carbonyl (C=O) groups is 2. The van der Waals surface area contributed by atoms with Crippen LogP contribution in [0.5, 0.6) is 5.75 Å². The van der Waals surface area contributed by atoms with Crippen molar-refractivity contribution in [2.24, 2.45) is 16.3 Å². The van der Waals surface area contributed by atoms with Crippen molar-refractivity contribution in [3.8, 4) is 5.75 Å². The van der Waals surface area contributed by atoms with Gasteiger partial charge in [-0.1, -0.05) is 119 Å². The van der Waals surface area contributed by atoms with Gasteiger partial charge in [-0.3, -0.25) is 9.59 Å². The van der Waals surface area contributed by atoms with E-state index in [1.807, 2.05) is 12.1 Å². The molecule has 3 rings (SSSR count). The molecule has 0 amide bonds. The lowest BCUT2D eigenvalue weighted by Gasteiger charge is -2.34. The highest BCUT2D eigenvalue weighted by molar-refractivity contribution is 6.22. The molecule has 1 heterocycles. The van der Waals surface area contributed by atoms with Gasteiger partial charge in [-0.05, 0) is 59.3 Å². The third kappa shape index (κ3) is 9.92. The average molecular weight is 619 g/mol. The van der Waals surface area contributed by atoms with Crippen molar-refractivity contribution < 1.29 is 19.4 Å². The molecule has 45 heavy (non-hydrogen) atoms. The summed E-state index contributed by atoms with van der Waals surface area (Å²) in [5.74, 6) is -1.21. The van der Waals surface area contributed by atoms with Crippen molar-refractivity contribution >= 4 is 23.3 Å². The topological polar surface area (TPSA) is 79.2 Å². The zero-order valence-electron chi connectivity index (χ0n) is 29.8. The summed E-state index contributed by atoms with van der Waals surface area (Å²) in [6.07, 6.45) is 6.40. The lowest BCUT2D eigenvalue weighted by Crippen LogP contribution is -2.45. The van der Waals surface area contributed by atoms with Crippen LogP contribution in [0.4, 0.5) is 5.69 Å². The number of Topliss-reactive ketones (excluding diaryl/α,β-unsaturated/α-hetero) is 1. The molecular formula is C39H58N2O4. The number of rotatable bonds is 11. The van der Waals surface area contributed by atoms with Crippen molar-refractivity contribution in [1.82, 2.24) is 4.90 Å². The number of cyclic esters (lactones) is 1. The maximum Gasteiger partial charge on any atom is 0.324 e. The van der Waals surface area contributed by atoms with Gasteiger partial charge < -0.3 is 14.7 Å². The summed E-state index contributed by atoms with van der Waals surface area (Å²) in [6, 6.07) is 12.5. The van der Waals surface area contributed by atoms with E-state index in [0.29, 0.717) is 18.1 Å². The number of nitrogens with zero attached hydrogens (tertiary/aromatic N) is 2. The highest BCUT2D eigenvalue weighted by Crippen LogP contribution is 2.42. The lowest BCUT2D eigenvalue weighted by atomic mass is 9.79. The summed E-state index contributed by atoms with van der Waals surface area (Å²) in [6.45, 7) is 23.7. The number of aliphatic imine (C=N–C) groups is 1. The molecule has 0 radical (unpaired) electrons. The molecule has 2 atom stereocenters. The number of ketones is 1. The summed E-state index contributed by atoms with van der Waals surface area (Å²) in [7, 11) is 0. The number of carbonyl (C=O) groups excluding carboxylic acids is 2. The van der Waals surface area contributed by atoms with Crippen LogP contribution in [0.1, 0.15) is 131 Å². The van der Waals surface area contributed by atoms with Gasteiger partial charge in [-0.25, -0.2) is 4.99 Å². The Labute approximate surface area is 272 Å². The first-order chi connectivity index (χ1) is 20.8. The van der Waals surface area contributed by atoms with Crippen LogP contribution >= 0.6 is 0 Å². The monoisotopic (exact) mass is 618 g/mol. The normalized spacial score (nSPS) is 17.0. The number of benzene rings is 2. The van der Waals surface area contributed by atoms with Crippen LogP contribution < -0.4 is 0 Å². The fourth-order valence-electron chi connectivity index (χ4n) is 6.00. The van der Waals surface area contributed by atoms with Crippen molar-refractivity contribution in [2.45, 2.75) is 138 Å². The summed E-state index contributed by atoms with van der Waals surface area (Å²) in [4.78, 5) is 33.8. The molecule has 0 aliphatic carbocycles. The molecule has 6 nitrogen and oxygen atoms in total. The first-order valence-corrected chi connectivity index (χ1v) is 16.8. The van der Waals surface area contributed by atoms with Gasteiger partial charge in [0.15, 0.2) is 18.3 Å². The maximum atomic E-state index is 13.3. The standard InChI is InChI=1S/C39H58N2O4/c1-12-13-14-15-16-26(2)41(24-28-19-17-27(18-20-28)23-37(3,4)5)35(33-32(42)25-45-36(33)44)40-29-21-30(38(6,7)8)34(43)31(22-29)39(9,10)11/h17-22,26,33,43H,12-16,23-25H2,1-11H3. The Balaban J connectivity index is 2.21. The van der Waals surface area contributed by atoms with Gasteiger partial charge in [-0.2, -0.15) is 0 Å². The van der Waals surface area contributed by atoms with Gasteiger partial charge >= 0.3 is 5.97 Å². The summed E-state index contributed by atoms with van der Waals surface area (Å²) < 4.78 is 5.29. The number of aromatic hydroxyl groups is 1. The van der Waals surface area contributed by atoms with Crippen LogP contribution in [-0.4, -0.2) is 40.2 Å². The first kappa shape index (κ1) is 36.3. The fraction of sp³-hybridized carbons (Fsp3) is 0.615. The Morgan fingerprint density at radius 1 is 0.911 bits per heavy atom. The van der Waals surface area contributed by atoms with E-state index < -0.39 is 11.9 Å². The van der Waals surface area contributed by atoms with Crippen LogP contribution in [0.25, 0.3) is 0 Å². The van der Waals surface area contributed by atoms with Crippen LogP contribution in [0.3, 0.4) is 0 Å². The van der Waals surface area contributed by atoms with Gasteiger partial charge in [-0.15, -0.1) is 0 Å². The third-order valence-corrected chi connectivity index (χ3v) is 8.54. The third-order valence-electron chi connectivity index (χ3n) is 8.54. The van der Waals surface area contributed by atoms with Gasteiger partial charge in [0.1, 0.15) is 11.6 Å². The minimum absolute atomic E-state index is 0.0253. The molecule has 0 aromatic heterocycles. The highest BCUT2D eigenvalue weighted by atomic mass is 16.5. The summed E-state index contributed by atoms with van der Waals surface area (Å²) >= 11 is 0. The summed E-state index contributed by atoms with van der Waals surface area (Å²) in [5.41, 5.74) is 4.04. The highest BCUT2D eigenvalue weighted by Gasteiger charge is 2.43. The van der Waals surface area contributed by atoms with E-state index in [1.54, 1.807) is 0 Å². The molecule has 1 aliphatic rings. The second-order valence-corrected chi connectivity index (χ2v) is 16.2. The molecule has 1 fully saturated rings. The molecule has 2 aromatic rings. The maximum absolute atomic E-state index is 13.3. The number of amidine groups is 1. The predicted molar refractivity (Wildman–Crippen MR) is 185 cm³/mol. The molecule has 2 unspecified atom stereocenters. The van der Waals surface area contributed by atoms with Gasteiger partial charge in [0.2, 0.25) is 0 Å². The molecule has 0 saturated carbocycles. The number of unbranched alkanes of at least 4 members (excludes halogenated alkanes) is 3. The minimum Gasteiger partial charge on any atom is -0.507 e. The molecule has 1 aliphatic heterocycles. The summed E-state index contributed by atoms with van der Waals surface area (Å²) in [5, 5.41) is 11.4. The van der Waals surface area contributed by atoms with E-state index in [4.69, 9.17) is 9.73 Å². The second kappa shape index (κ2) is 14.5. The number of phenolic OH excluding ortho intramolecular Hbond substituents is 1. The molecule has 6 heteroatoms. The number of ether oxygens (including phenoxy) is 1. The van der Waals surface area contributed by atoms with E-state index in [9.17, 15) is 14.7 Å². The Morgan fingerprint density at radius 3 is 1.93 bits per heavy atom. The lowest BCUT2D eigenvalue weighted by molar-refractivity contribution is -0.139. The SMILES string of the molecule is CCCCCCC(C)N(Cc1ccc(CC(C)(C)C)cc1)C(=Nc1cc(C(C)(C)C)c(O)c(C(C)(C)C)c1)C1C(=O)COC1=O. The van der Waals surface area contributed by atoms with Crippen molar-refractivity contribution in [3.63, 3.8) is 0 Å². The number of esters is 1. The van der Waals surface area contributed by atoms with Crippen molar-refractivity contribution in [3.05, 3.63) is 58.7 Å². The van der Waals surface area contributed by atoms with Gasteiger partial charge in [0, 0.05) is 23.7 Å². The Kier molecular flexibility index (Phi) is 11.7. The number of phenols is 1.